The Morgan fingerprint density at radius 3 is 2.64 bits per heavy atom. The van der Waals surface area contributed by atoms with Crippen molar-refractivity contribution in [3.63, 3.8) is 0 Å². The summed E-state index contributed by atoms with van der Waals surface area (Å²) in [4.78, 5) is 10.4. The normalized spacial score (nSPS) is 12.4. The topological polar surface area (TPSA) is 75.4 Å². The van der Waals surface area contributed by atoms with Crippen LogP contribution >= 0.6 is 0 Å². The molecule has 0 saturated carbocycles. The molecule has 1 unspecified atom stereocenters. The van der Waals surface area contributed by atoms with Crippen LogP contribution in [0, 0.1) is 0 Å². The van der Waals surface area contributed by atoms with Gasteiger partial charge in [-0.15, -0.1) is 0 Å². The second-order valence-electron chi connectivity index (χ2n) is 3.02. The average Bonchev–Trinajstić information content (AvgIpc) is 2.18. The summed E-state index contributed by atoms with van der Waals surface area (Å²) in [6.45, 7) is 0.414. The highest BCUT2D eigenvalue weighted by atomic mass is 16.3. The van der Waals surface area contributed by atoms with Crippen LogP contribution in [0.2, 0.25) is 0 Å². The second kappa shape index (κ2) is 5.36. The molecule has 0 bridgehead atoms. The van der Waals surface area contributed by atoms with Gasteiger partial charge in [0.1, 0.15) is 0 Å². The van der Waals surface area contributed by atoms with Gasteiger partial charge < -0.3 is 16.2 Å². The molecule has 1 rings (SSSR count). The van der Waals surface area contributed by atoms with Crippen LogP contribution in [0.4, 0.5) is 0 Å². The van der Waals surface area contributed by atoms with Crippen molar-refractivity contribution in [3.8, 4) is 0 Å². The fraction of sp³-hybridized carbons (Fsp3) is 0.300. The molecule has 4 N–H and O–H groups in total. The molecule has 14 heavy (non-hydrogen) atoms. The number of aliphatic hydroxyl groups is 1. The van der Waals surface area contributed by atoms with Crippen LogP contribution in [0.1, 0.15) is 11.7 Å². The van der Waals surface area contributed by atoms with Gasteiger partial charge >= 0.3 is 0 Å². The number of carbonyl (C=O) groups is 1. The van der Waals surface area contributed by atoms with Gasteiger partial charge in [0.05, 0.1) is 12.6 Å². The first kappa shape index (κ1) is 10.7. The summed E-state index contributed by atoms with van der Waals surface area (Å²) in [7, 11) is 0. The van der Waals surface area contributed by atoms with Crippen molar-refractivity contribution >= 4 is 5.91 Å². The van der Waals surface area contributed by atoms with E-state index in [2.05, 4.69) is 5.32 Å². The average molecular weight is 194 g/mol. The van der Waals surface area contributed by atoms with E-state index in [1.54, 1.807) is 0 Å². The third kappa shape index (κ3) is 3.55. The van der Waals surface area contributed by atoms with Gasteiger partial charge in [-0.2, -0.15) is 0 Å². The second-order valence-corrected chi connectivity index (χ2v) is 3.02. The quantitative estimate of drug-likeness (QED) is 0.607. The van der Waals surface area contributed by atoms with E-state index in [0.29, 0.717) is 6.54 Å². The molecular formula is C10H14N2O2. The molecule has 1 amide bonds. The number of aliphatic hydroxyl groups excluding tert-OH is 1. The van der Waals surface area contributed by atoms with Crippen LogP contribution in [-0.2, 0) is 4.79 Å². The van der Waals surface area contributed by atoms with Crippen LogP contribution in [0.25, 0.3) is 0 Å². The molecule has 0 aliphatic carbocycles. The largest absolute Gasteiger partial charge is 0.387 e. The van der Waals surface area contributed by atoms with Crippen LogP contribution in [0.15, 0.2) is 30.3 Å². The Balaban J connectivity index is 2.36. The number of amides is 1. The number of hydrogen-bond donors (Lipinski definition) is 3. The van der Waals surface area contributed by atoms with Gasteiger partial charge in [-0.25, -0.2) is 0 Å². The Hall–Kier alpha value is -1.39. The monoisotopic (exact) mass is 194 g/mol. The lowest BCUT2D eigenvalue weighted by atomic mass is 10.1. The molecule has 0 radical (unpaired) electrons. The van der Waals surface area contributed by atoms with E-state index < -0.39 is 12.0 Å². The molecule has 4 heteroatoms. The molecule has 1 aromatic carbocycles. The molecule has 0 aliphatic rings. The third-order valence-electron chi connectivity index (χ3n) is 1.82. The predicted molar refractivity (Wildman–Crippen MR) is 53.5 cm³/mol. The van der Waals surface area contributed by atoms with Gasteiger partial charge in [0, 0.05) is 6.54 Å². The molecule has 4 nitrogen and oxygen atoms in total. The summed E-state index contributed by atoms with van der Waals surface area (Å²) < 4.78 is 0. The number of primary amides is 1. The number of benzene rings is 1. The lowest BCUT2D eigenvalue weighted by molar-refractivity contribution is -0.117. The lowest BCUT2D eigenvalue weighted by Gasteiger charge is -2.10. The van der Waals surface area contributed by atoms with Crippen molar-refractivity contribution in [2.45, 2.75) is 6.10 Å². The van der Waals surface area contributed by atoms with E-state index >= 15 is 0 Å². The van der Waals surface area contributed by atoms with Gasteiger partial charge in [0.25, 0.3) is 0 Å². The van der Waals surface area contributed by atoms with Crippen molar-refractivity contribution in [1.82, 2.24) is 5.32 Å². The van der Waals surface area contributed by atoms with Gasteiger partial charge in [0.2, 0.25) is 5.91 Å². The third-order valence-corrected chi connectivity index (χ3v) is 1.82. The van der Waals surface area contributed by atoms with Crippen LogP contribution in [0.5, 0.6) is 0 Å². The van der Waals surface area contributed by atoms with Crippen LogP contribution in [-0.4, -0.2) is 24.1 Å². The van der Waals surface area contributed by atoms with E-state index in [0.717, 1.165) is 5.56 Å². The van der Waals surface area contributed by atoms with Gasteiger partial charge in [-0.1, -0.05) is 30.3 Å². The minimum absolute atomic E-state index is 0.0872. The summed E-state index contributed by atoms with van der Waals surface area (Å²) >= 11 is 0. The highest BCUT2D eigenvalue weighted by Gasteiger charge is 2.05. The van der Waals surface area contributed by atoms with Gasteiger partial charge in [-0.05, 0) is 5.56 Å². The number of hydrogen-bond acceptors (Lipinski definition) is 3. The van der Waals surface area contributed by atoms with Gasteiger partial charge in [0.15, 0.2) is 0 Å². The number of nitrogens with two attached hydrogens (primary N) is 1. The van der Waals surface area contributed by atoms with E-state index in [-0.39, 0.29) is 6.54 Å². The zero-order valence-electron chi connectivity index (χ0n) is 7.81. The molecular weight excluding hydrogens is 180 g/mol. The fourth-order valence-electron chi connectivity index (χ4n) is 1.13. The lowest BCUT2D eigenvalue weighted by Crippen LogP contribution is -2.31. The SMILES string of the molecule is NC(=O)CNCC(O)c1ccccc1. The van der Waals surface area contributed by atoms with Crippen molar-refractivity contribution in [2.75, 3.05) is 13.1 Å². The van der Waals surface area contributed by atoms with Crippen LogP contribution < -0.4 is 11.1 Å². The summed E-state index contributed by atoms with van der Waals surface area (Å²) in [5, 5.41) is 12.4. The Bertz CT molecular complexity index is 287. The summed E-state index contributed by atoms with van der Waals surface area (Å²) in [5.74, 6) is -0.426. The van der Waals surface area contributed by atoms with Crippen molar-refractivity contribution < 1.29 is 9.90 Å². The Labute approximate surface area is 82.7 Å². The Morgan fingerprint density at radius 2 is 2.07 bits per heavy atom. The smallest absolute Gasteiger partial charge is 0.231 e. The zero-order chi connectivity index (χ0) is 10.4. The minimum atomic E-state index is -0.601. The minimum Gasteiger partial charge on any atom is -0.387 e. The maximum atomic E-state index is 10.4. The standard InChI is InChI=1S/C10H14N2O2/c11-10(14)7-12-6-9(13)8-4-2-1-3-5-8/h1-5,9,12-13H,6-7H2,(H2,11,14). The Kier molecular flexibility index (Phi) is 4.10. The zero-order valence-corrected chi connectivity index (χ0v) is 7.81. The maximum Gasteiger partial charge on any atom is 0.231 e. The van der Waals surface area contributed by atoms with Crippen LogP contribution in [0.3, 0.4) is 0 Å². The predicted octanol–water partition coefficient (Wildman–Crippen LogP) is -0.205. The number of nitrogens with one attached hydrogen (secondary N) is 1. The molecule has 0 spiro atoms. The first-order valence-electron chi connectivity index (χ1n) is 4.42. The fourth-order valence-corrected chi connectivity index (χ4v) is 1.13. The number of carbonyl (C=O) groups excluding carboxylic acids is 1. The molecule has 0 aliphatic heterocycles. The van der Waals surface area contributed by atoms with Crippen molar-refractivity contribution in [1.29, 1.82) is 0 Å². The highest BCUT2D eigenvalue weighted by molar-refractivity contribution is 5.75. The van der Waals surface area contributed by atoms with E-state index in [1.807, 2.05) is 30.3 Å². The highest BCUT2D eigenvalue weighted by Crippen LogP contribution is 2.09. The number of rotatable bonds is 5. The van der Waals surface area contributed by atoms with Gasteiger partial charge in [-0.3, -0.25) is 4.79 Å². The van der Waals surface area contributed by atoms with E-state index in [4.69, 9.17) is 5.73 Å². The Morgan fingerprint density at radius 1 is 1.43 bits per heavy atom. The molecule has 1 aromatic rings. The first-order valence-corrected chi connectivity index (χ1v) is 4.42. The summed E-state index contributed by atoms with van der Waals surface area (Å²) in [6, 6.07) is 9.25. The van der Waals surface area contributed by atoms with Crippen molar-refractivity contribution in [2.24, 2.45) is 5.73 Å². The summed E-state index contributed by atoms with van der Waals surface area (Å²) in [6.07, 6.45) is -0.601. The molecule has 0 fully saturated rings. The molecule has 0 aromatic heterocycles. The van der Waals surface area contributed by atoms with Crippen molar-refractivity contribution in [3.05, 3.63) is 35.9 Å². The van der Waals surface area contributed by atoms with E-state index in [9.17, 15) is 9.90 Å². The molecule has 76 valence electrons. The maximum absolute atomic E-state index is 10.4. The molecule has 1 atom stereocenters. The first-order chi connectivity index (χ1) is 6.70. The molecule has 0 saturated heterocycles. The molecule has 0 heterocycles. The summed E-state index contributed by atoms with van der Waals surface area (Å²) in [5.41, 5.74) is 5.76. The van der Waals surface area contributed by atoms with E-state index in [1.165, 1.54) is 0 Å².